The first-order valence-electron chi connectivity index (χ1n) is 8.73. The monoisotopic (exact) mass is 373 g/mol. The number of benzene rings is 3. The van der Waals surface area contributed by atoms with Crippen LogP contribution in [0.25, 0.3) is 11.0 Å². The predicted molar refractivity (Wildman–Crippen MR) is 112 cm³/mol. The SMILES string of the molecule is Cc1ccc2nc(SCC(=O)N(c3ccccc3)c3ccccc3)[nH]c2c1. The van der Waals surface area contributed by atoms with Crippen molar-refractivity contribution in [3.05, 3.63) is 84.4 Å². The van der Waals surface area contributed by atoms with Gasteiger partial charge in [0.05, 0.1) is 16.8 Å². The van der Waals surface area contributed by atoms with Crippen molar-refractivity contribution >= 4 is 40.1 Å². The van der Waals surface area contributed by atoms with Crippen molar-refractivity contribution < 1.29 is 4.79 Å². The van der Waals surface area contributed by atoms with Gasteiger partial charge in [0.2, 0.25) is 5.91 Å². The highest BCUT2D eigenvalue weighted by atomic mass is 32.2. The largest absolute Gasteiger partial charge is 0.333 e. The van der Waals surface area contributed by atoms with E-state index in [1.54, 1.807) is 4.90 Å². The van der Waals surface area contributed by atoms with Crippen LogP contribution >= 0.6 is 11.8 Å². The van der Waals surface area contributed by atoms with Crippen LogP contribution in [-0.2, 0) is 4.79 Å². The number of aromatic nitrogens is 2. The average molecular weight is 373 g/mol. The van der Waals surface area contributed by atoms with E-state index in [0.717, 1.165) is 27.6 Å². The zero-order valence-corrected chi connectivity index (χ0v) is 15.7. The number of aromatic amines is 1. The summed E-state index contributed by atoms with van der Waals surface area (Å²) in [5.74, 6) is 0.303. The van der Waals surface area contributed by atoms with E-state index in [1.807, 2.05) is 79.7 Å². The number of H-pyrrole nitrogens is 1. The van der Waals surface area contributed by atoms with E-state index in [9.17, 15) is 4.79 Å². The lowest BCUT2D eigenvalue weighted by Gasteiger charge is -2.22. The highest BCUT2D eigenvalue weighted by Crippen LogP contribution is 2.27. The first kappa shape index (κ1) is 17.4. The molecule has 0 saturated heterocycles. The lowest BCUT2D eigenvalue weighted by atomic mass is 10.2. The molecular weight excluding hydrogens is 354 g/mol. The quantitative estimate of drug-likeness (QED) is 0.481. The molecule has 134 valence electrons. The van der Waals surface area contributed by atoms with Crippen LogP contribution in [0.3, 0.4) is 0 Å². The first-order valence-corrected chi connectivity index (χ1v) is 9.71. The average Bonchev–Trinajstić information content (AvgIpc) is 3.10. The number of nitrogens with one attached hydrogen (secondary N) is 1. The van der Waals surface area contributed by atoms with Crippen molar-refractivity contribution in [2.75, 3.05) is 10.7 Å². The highest BCUT2D eigenvalue weighted by molar-refractivity contribution is 7.99. The minimum atomic E-state index is 0.00837. The van der Waals surface area contributed by atoms with Crippen LogP contribution < -0.4 is 4.90 Å². The van der Waals surface area contributed by atoms with Crippen LogP contribution in [0.15, 0.2) is 84.0 Å². The fourth-order valence-corrected chi connectivity index (χ4v) is 3.69. The number of nitrogens with zero attached hydrogens (tertiary/aromatic N) is 2. The van der Waals surface area contributed by atoms with Crippen LogP contribution in [0, 0.1) is 6.92 Å². The molecule has 27 heavy (non-hydrogen) atoms. The maximum Gasteiger partial charge on any atom is 0.242 e. The molecule has 0 bridgehead atoms. The van der Waals surface area contributed by atoms with Crippen molar-refractivity contribution in [1.29, 1.82) is 0 Å². The van der Waals surface area contributed by atoms with Crippen molar-refractivity contribution in [1.82, 2.24) is 9.97 Å². The summed E-state index contributed by atoms with van der Waals surface area (Å²) in [6.45, 7) is 2.05. The summed E-state index contributed by atoms with van der Waals surface area (Å²) in [6, 6.07) is 25.5. The maximum atomic E-state index is 13.1. The molecule has 4 rings (SSSR count). The lowest BCUT2D eigenvalue weighted by Crippen LogP contribution is -2.27. The molecule has 0 radical (unpaired) electrons. The number of para-hydroxylation sites is 2. The van der Waals surface area contributed by atoms with Gasteiger partial charge in [-0.3, -0.25) is 9.69 Å². The Kier molecular flexibility index (Phi) is 4.94. The summed E-state index contributed by atoms with van der Waals surface area (Å²) >= 11 is 1.42. The van der Waals surface area contributed by atoms with Crippen LogP contribution in [0.4, 0.5) is 11.4 Å². The van der Waals surface area contributed by atoms with Gasteiger partial charge in [-0.15, -0.1) is 0 Å². The number of anilines is 2. The minimum Gasteiger partial charge on any atom is -0.333 e. The van der Waals surface area contributed by atoms with E-state index in [2.05, 4.69) is 16.0 Å². The topological polar surface area (TPSA) is 49.0 Å². The summed E-state index contributed by atoms with van der Waals surface area (Å²) in [7, 11) is 0. The molecule has 0 aliphatic heterocycles. The molecule has 0 atom stereocenters. The molecule has 1 heterocycles. The van der Waals surface area contributed by atoms with Gasteiger partial charge in [-0.1, -0.05) is 54.2 Å². The molecule has 0 saturated carbocycles. The van der Waals surface area contributed by atoms with Crippen molar-refractivity contribution in [2.45, 2.75) is 12.1 Å². The standard InChI is InChI=1S/C22H19N3OS/c1-16-12-13-19-20(14-16)24-22(23-19)27-15-21(26)25(17-8-4-2-5-9-17)18-10-6-3-7-11-18/h2-14H,15H2,1H3,(H,23,24). The van der Waals surface area contributed by atoms with Gasteiger partial charge >= 0.3 is 0 Å². The van der Waals surface area contributed by atoms with E-state index in [0.29, 0.717) is 5.75 Å². The Labute approximate surface area is 162 Å². The predicted octanol–water partition coefficient (Wildman–Crippen LogP) is 5.33. The molecule has 0 fully saturated rings. The van der Waals surface area contributed by atoms with Gasteiger partial charge in [0.25, 0.3) is 0 Å². The summed E-state index contributed by atoms with van der Waals surface area (Å²) in [6.07, 6.45) is 0. The molecule has 0 spiro atoms. The Morgan fingerprint density at radius 3 is 2.22 bits per heavy atom. The smallest absolute Gasteiger partial charge is 0.242 e. The zero-order chi connectivity index (χ0) is 18.6. The Morgan fingerprint density at radius 2 is 1.59 bits per heavy atom. The van der Waals surface area contributed by atoms with Gasteiger partial charge in [-0.25, -0.2) is 4.98 Å². The minimum absolute atomic E-state index is 0.00837. The third-order valence-corrected chi connectivity index (χ3v) is 5.08. The number of hydrogen-bond donors (Lipinski definition) is 1. The van der Waals surface area contributed by atoms with E-state index < -0.39 is 0 Å². The van der Waals surface area contributed by atoms with Gasteiger partial charge in [-0.05, 0) is 48.9 Å². The fourth-order valence-electron chi connectivity index (χ4n) is 2.95. The number of carbonyl (C=O) groups is 1. The number of rotatable bonds is 5. The lowest BCUT2D eigenvalue weighted by molar-refractivity contribution is -0.115. The number of fused-ring (bicyclic) bond motifs is 1. The Hall–Kier alpha value is -3.05. The second-order valence-corrected chi connectivity index (χ2v) is 7.22. The first-order chi connectivity index (χ1) is 13.2. The van der Waals surface area contributed by atoms with Crippen LogP contribution in [-0.4, -0.2) is 21.6 Å². The molecule has 0 aliphatic rings. The Balaban J connectivity index is 1.56. The number of carbonyl (C=O) groups excluding carboxylic acids is 1. The summed E-state index contributed by atoms with van der Waals surface area (Å²) in [4.78, 5) is 22.7. The number of amides is 1. The molecule has 3 aromatic carbocycles. The number of hydrogen-bond acceptors (Lipinski definition) is 3. The van der Waals surface area contributed by atoms with Crippen LogP contribution in [0.5, 0.6) is 0 Å². The van der Waals surface area contributed by atoms with Gasteiger partial charge in [0.1, 0.15) is 0 Å². The van der Waals surface area contributed by atoms with Crippen LogP contribution in [0.2, 0.25) is 0 Å². The molecule has 0 unspecified atom stereocenters. The van der Waals surface area contributed by atoms with Gasteiger partial charge in [0, 0.05) is 11.4 Å². The molecule has 1 N–H and O–H groups in total. The molecule has 4 aromatic rings. The third kappa shape index (κ3) is 3.88. The molecule has 4 nitrogen and oxygen atoms in total. The Bertz CT molecular complexity index is 1020. The molecular formula is C22H19N3OS. The van der Waals surface area contributed by atoms with Gasteiger partial charge < -0.3 is 4.98 Å². The van der Waals surface area contributed by atoms with Crippen LogP contribution in [0.1, 0.15) is 5.56 Å². The second kappa shape index (κ2) is 7.68. The van der Waals surface area contributed by atoms with E-state index in [-0.39, 0.29) is 5.91 Å². The number of aryl methyl sites for hydroxylation is 1. The summed E-state index contributed by atoms with van der Waals surface area (Å²) in [5.41, 5.74) is 4.80. The third-order valence-electron chi connectivity index (χ3n) is 4.23. The normalized spacial score (nSPS) is 10.9. The maximum absolute atomic E-state index is 13.1. The highest BCUT2D eigenvalue weighted by Gasteiger charge is 2.18. The van der Waals surface area contributed by atoms with E-state index >= 15 is 0 Å². The number of thioether (sulfide) groups is 1. The van der Waals surface area contributed by atoms with E-state index in [1.165, 1.54) is 17.3 Å². The van der Waals surface area contributed by atoms with Crippen molar-refractivity contribution in [3.63, 3.8) is 0 Å². The zero-order valence-electron chi connectivity index (χ0n) is 14.9. The Morgan fingerprint density at radius 1 is 0.963 bits per heavy atom. The van der Waals surface area contributed by atoms with Gasteiger partial charge in [-0.2, -0.15) is 0 Å². The number of imidazole rings is 1. The molecule has 0 aliphatic carbocycles. The van der Waals surface area contributed by atoms with E-state index in [4.69, 9.17) is 0 Å². The molecule has 1 aromatic heterocycles. The summed E-state index contributed by atoms with van der Waals surface area (Å²) in [5, 5.41) is 0.755. The van der Waals surface area contributed by atoms with Gasteiger partial charge in [0.15, 0.2) is 5.16 Å². The fraction of sp³-hybridized carbons (Fsp3) is 0.0909. The molecule has 1 amide bonds. The van der Waals surface area contributed by atoms with Crippen molar-refractivity contribution in [3.8, 4) is 0 Å². The van der Waals surface area contributed by atoms with Crippen molar-refractivity contribution in [2.24, 2.45) is 0 Å². The second-order valence-electron chi connectivity index (χ2n) is 6.25. The summed E-state index contributed by atoms with van der Waals surface area (Å²) < 4.78 is 0. The molecule has 5 heteroatoms.